The normalized spacial score (nSPS) is 34.6. The largest absolute Gasteiger partial charge is 0.266 e. The van der Waals surface area contributed by atoms with E-state index in [1.54, 1.807) is 4.31 Å². The van der Waals surface area contributed by atoms with Crippen LogP contribution in [0.25, 0.3) is 0 Å². The Morgan fingerprint density at radius 1 is 1.37 bits per heavy atom. The Balaban J connectivity index is 1.97. The first kappa shape index (κ1) is 13.1. The fourth-order valence-electron chi connectivity index (χ4n) is 4.20. The minimum Gasteiger partial charge on any atom is -0.266 e. The maximum atomic E-state index is 12.6. The van der Waals surface area contributed by atoms with E-state index >= 15 is 0 Å². The molecule has 2 aliphatic rings. The first-order chi connectivity index (χ1) is 8.72. The van der Waals surface area contributed by atoms with Crippen molar-refractivity contribution in [2.75, 3.05) is 6.54 Å². The Labute approximate surface area is 114 Å². The molecule has 2 bridgehead atoms. The maximum absolute atomic E-state index is 12.6. The zero-order valence-corrected chi connectivity index (χ0v) is 12.5. The van der Waals surface area contributed by atoms with Crippen LogP contribution >= 0.6 is 0 Å². The van der Waals surface area contributed by atoms with E-state index in [2.05, 4.69) is 31.0 Å². The van der Waals surface area contributed by atoms with Gasteiger partial charge in [0.2, 0.25) is 0 Å². The summed E-state index contributed by atoms with van der Waals surface area (Å²) in [6, 6.07) is 1.66. The number of H-pyrrole nitrogens is 1. The summed E-state index contributed by atoms with van der Waals surface area (Å²) in [6.45, 7) is 7.32. The molecule has 0 amide bonds. The van der Waals surface area contributed by atoms with E-state index in [0.717, 1.165) is 19.3 Å². The lowest BCUT2D eigenvalue weighted by Gasteiger charge is -2.39. The average Bonchev–Trinajstić information content (AvgIpc) is 2.83. The van der Waals surface area contributed by atoms with Crippen molar-refractivity contribution in [2.24, 2.45) is 10.8 Å². The van der Waals surface area contributed by atoms with Gasteiger partial charge in [-0.15, -0.1) is 0 Å². The topological polar surface area (TPSA) is 66.1 Å². The third-order valence-electron chi connectivity index (χ3n) is 4.43. The third kappa shape index (κ3) is 2.10. The van der Waals surface area contributed by atoms with Crippen molar-refractivity contribution < 1.29 is 8.42 Å². The number of fused-ring (bicyclic) bond motifs is 2. The summed E-state index contributed by atoms with van der Waals surface area (Å²) in [5.41, 5.74) is 0.329. The number of nitrogens with one attached hydrogen (secondary N) is 1. The van der Waals surface area contributed by atoms with Gasteiger partial charge in [0, 0.05) is 12.6 Å². The SMILES string of the molecule is CC1(C)CC2CC(C)(CN2S(=O)(=O)c2ccn[nH]2)C1. The number of hydrogen-bond acceptors (Lipinski definition) is 3. The van der Waals surface area contributed by atoms with Gasteiger partial charge >= 0.3 is 0 Å². The van der Waals surface area contributed by atoms with E-state index in [9.17, 15) is 8.42 Å². The van der Waals surface area contributed by atoms with Crippen LogP contribution in [0.3, 0.4) is 0 Å². The van der Waals surface area contributed by atoms with Gasteiger partial charge in [0.1, 0.15) is 0 Å². The molecule has 1 N–H and O–H groups in total. The van der Waals surface area contributed by atoms with E-state index in [0.29, 0.717) is 6.54 Å². The second kappa shape index (κ2) is 3.82. The van der Waals surface area contributed by atoms with E-state index in [1.165, 1.54) is 12.3 Å². The molecule has 1 aliphatic heterocycles. The molecule has 6 heteroatoms. The van der Waals surface area contributed by atoms with Crippen molar-refractivity contribution in [1.29, 1.82) is 0 Å². The molecule has 106 valence electrons. The van der Waals surface area contributed by atoms with Crippen molar-refractivity contribution in [3.05, 3.63) is 12.3 Å². The lowest BCUT2D eigenvalue weighted by molar-refractivity contribution is 0.133. The fraction of sp³-hybridized carbons (Fsp3) is 0.769. The molecule has 1 saturated carbocycles. The molecule has 5 nitrogen and oxygen atoms in total. The highest BCUT2D eigenvalue weighted by Crippen LogP contribution is 2.53. The van der Waals surface area contributed by atoms with Crippen molar-refractivity contribution in [3.63, 3.8) is 0 Å². The Morgan fingerprint density at radius 3 is 2.74 bits per heavy atom. The van der Waals surface area contributed by atoms with Crippen LogP contribution in [0.1, 0.15) is 40.0 Å². The van der Waals surface area contributed by atoms with Gasteiger partial charge < -0.3 is 0 Å². The third-order valence-corrected chi connectivity index (χ3v) is 6.26. The number of aromatic amines is 1. The second-order valence-electron chi connectivity index (χ2n) is 7.18. The molecule has 0 aromatic carbocycles. The van der Waals surface area contributed by atoms with E-state index < -0.39 is 10.0 Å². The molecule has 19 heavy (non-hydrogen) atoms. The van der Waals surface area contributed by atoms with Gasteiger partial charge in [0.15, 0.2) is 5.03 Å². The van der Waals surface area contributed by atoms with Crippen LogP contribution < -0.4 is 0 Å². The van der Waals surface area contributed by atoms with Gasteiger partial charge in [-0.25, -0.2) is 8.42 Å². The quantitative estimate of drug-likeness (QED) is 0.902. The van der Waals surface area contributed by atoms with Crippen LogP contribution in [0, 0.1) is 10.8 Å². The van der Waals surface area contributed by atoms with Crippen molar-refractivity contribution in [1.82, 2.24) is 14.5 Å². The van der Waals surface area contributed by atoms with E-state index in [1.807, 2.05) is 0 Å². The number of rotatable bonds is 2. The Bertz CT molecular complexity index is 579. The lowest BCUT2D eigenvalue weighted by Crippen LogP contribution is -2.37. The molecular formula is C13H21N3O2S. The van der Waals surface area contributed by atoms with Crippen LogP contribution in [-0.2, 0) is 10.0 Å². The van der Waals surface area contributed by atoms with E-state index in [-0.39, 0.29) is 21.9 Å². The van der Waals surface area contributed by atoms with Crippen LogP contribution in [0.2, 0.25) is 0 Å². The highest BCUT2D eigenvalue weighted by molar-refractivity contribution is 7.89. The Morgan fingerprint density at radius 2 is 2.11 bits per heavy atom. The standard InChI is InChI=1S/C13H21N3O2S/c1-12(2)6-10-7-13(3,8-12)9-16(10)19(17,18)11-4-5-14-15-11/h4-5,10H,6-9H2,1-3H3,(H,14,15). The zero-order valence-electron chi connectivity index (χ0n) is 11.7. The van der Waals surface area contributed by atoms with Crippen LogP contribution in [0.5, 0.6) is 0 Å². The number of hydrogen-bond donors (Lipinski definition) is 1. The van der Waals surface area contributed by atoms with Gasteiger partial charge in [0.05, 0.1) is 6.20 Å². The number of sulfonamides is 1. The second-order valence-corrected chi connectivity index (χ2v) is 9.04. The molecule has 2 atom stereocenters. The number of aromatic nitrogens is 2. The highest BCUT2D eigenvalue weighted by Gasteiger charge is 2.53. The molecule has 1 aliphatic carbocycles. The lowest BCUT2D eigenvalue weighted by atomic mass is 9.65. The summed E-state index contributed by atoms with van der Waals surface area (Å²) in [7, 11) is -3.42. The average molecular weight is 283 g/mol. The predicted octanol–water partition coefficient (Wildman–Crippen LogP) is 2.00. The van der Waals surface area contributed by atoms with Crippen molar-refractivity contribution in [3.8, 4) is 0 Å². The monoisotopic (exact) mass is 283 g/mol. The molecule has 3 rings (SSSR count). The molecule has 1 aromatic rings. The predicted molar refractivity (Wildman–Crippen MR) is 72.0 cm³/mol. The summed E-state index contributed by atoms with van der Waals surface area (Å²) in [5, 5.41) is 6.56. The molecule has 2 fully saturated rings. The summed E-state index contributed by atoms with van der Waals surface area (Å²) < 4.78 is 27.0. The molecule has 0 spiro atoms. The Kier molecular flexibility index (Phi) is 2.64. The minimum atomic E-state index is -3.42. The molecule has 2 unspecified atom stereocenters. The van der Waals surface area contributed by atoms with Gasteiger partial charge in [-0.2, -0.15) is 9.40 Å². The van der Waals surface area contributed by atoms with Gasteiger partial charge in [-0.1, -0.05) is 20.8 Å². The first-order valence-corrected chi connectivity index (χ1v) is 8.17. The van der Waals surface area contributed by atoms with E-state index in [4.69, 9.17) is 0 Å². The molecule has 0 radical (unpaired) electrons. The smallest absolute Gasteiger partial charge is 0.260 e. The highest BCUT2D eigenvalue weighted by atomic mass is 32.2. The van der Waals surface area contributed by atoms with Crippen LogP contribution in [0.15, 0.2) is 17.3 Å². The summed E-state index contributed by atoms with van der Waals surface area (Å²) in [5.74, 6) is 0. The molecular weight excluding hydrogens is 262 g/mol. The van der Waals surface area contributed by atoms with Gasteiger partial charge in [0.25, 0.3) is 10.0 Å². The number of nitrogens with zero attached hydrogens (tertiary/aromatic N) is 2. The molecule has 2 heterocycles. The minimum absolute atomic E-state index is 0.111. The summed E-state index contributed by atoms with van der Waals surface area (Å²) in [6.07, 6.45) is 4.49. The zero-order chi connectivity index (χ0) is 13.9. The molecule has 1 saturated heterocycles. The fourth-order valence-corrected chi connectivity index (χ4v) is 5.88. The van der Waals surface area contributed by atoms with Crippen molar-refractivity contribution in [2.45, 2.75) is 51.1 Å². The van der Waals surface area contributed by atoms with Crippen LogP contribution in [0.4, 0.5) is 0 Å². The van der Waals surface area contributed by atoms with Crippen LogP contribution in [-0.4, -0.2) is 35.5 Å². The Hall–Kier alpha value is -0.880. The first-order valence-electron chi connectivity index (χ1n) is 6.73. The molecule has 1 aromatic heterocycles. The maximum Gasteiger partial charge on any atom is 0.260 e. The summed E-state index contributed by atoms with van der Waals surface area (Å²) >= 11 is 0. The van der Waals surface area contributed by atoms with Gasteiger partial charge in [-0.05, 0) is 36.2 Å². The summed E-state index contributed by atoms with van der Waals surface area (Å²) in [4.78, 5) is 0. The van der Waals surface area contributed by atoms with Gasteiger partial charge in [-0.3, -0.25) is 5.10 Å². The van der Waals surface area contributed by atoms with Crippen molar-refractivity contribution >= 4 is 10.0 Å².